The smallest absolute Gasteiger partial charge is 0.175 e. The van der Waals surface area contributed by atoms with Crippen molar-refractivity contribution in [2.45, 2.75) is 23.8 Å². The molecule has 0 bridgehead atoms. The van der Waals surface area contributed by atoms with Gasteiger partial charge in [-0.15, -0.1) is 0 Å². The van der Waals surface area contributed by atoms with E-state index < -0.39 is 9.84 Å². The molecule has 0 spiro atoms. The highest BCUT2D eigenvalue weighted by atomic mass is 32.2. The molecule has 8 heteroatoms. The molecule has 36 heavy (non-hydrogen) atoms. The molecule has 7 nitrogen and oxygen atoms in total. The van der Waals surface area contributed by atoms with Gasteiger partial charge in [0.25, 0.3) is 0 Å². The zero-order chi connectivity index (χ0) is 24.9. The number of pyridine rings is 1. The highest BCUT2D eigenvalue weighted by molar-refractivity contribution is 7.90. The van der Waals surface area contributed by atoms with Gasteiger partial charge in [0.05, 0.1) is 33.2 Å². The molecular weight excluding hydrogens is 472 g/mol. The number of hydrogen-bond acceptors (Lipinski definition) is 5. The Bertz CT molecular complexity index is 1670. The minimum Gasteiger partial charge on any atom is -0.381 e. The average molecular weight is 501 g/mol. The normalized spacial score (nSPS) is 16.1. The van der Waals surface area contributed by atoms with E-state index in [2.05, 4.69) is 40.0 Å². The zero-order valence-electron chi connectivity index (χ0n) is 20.3. The van der Waals surface area contributed by atoms with Gasteiger partial charge in [-0.2, -0.15) is 5.10 Å². The van der Waals surface area contributed by atoms with Crippen LogP contribution in [0.1, 0.15) is 24.4 Å². The Morgan fingerprint density at radius 3 is 2.47 bits per heavy atom. The quantitative estimate of drug-likeness (QED) is 0.339. The van der Waals surface area contributed by atoms with E-state index in [0.29, 0.717) is 10.8 Å². The molecule has 3 aromatic heterocycles. The van der Waals surface area contributed by atoms with Crippen molar-refractivity contribution in [1.29, 1.82) is 0 Å². The Morgan fingerprint density at radius 2 is 1.78 bits per heavy atom. The lowest BCUT2D eigenvalue weighted by Gasteiger charge is -2.33. The molecule has 0 N–H and O–H groups in total. The number of hydrogen-bond donors (Lipinski definition) is 0. The van der Waals surface area contributed by atoms with Crippen LogP contribution in [0.3, 0.4) is 0 Å². The maximum Gasteiger partial charge on any atom is 0.175 e. The Labute approximate surface area is 210 Å². The molecule has 4 heterocycles. The van der Waals surface area contributed by atoms with Crippen LogP contribution in [0.5, 0.6) is 0 Å². The predicted molar refractivity (Wildman–Crippen MR) is 141 cm³/mol. The van der Waals surface area contributed by atoms with Crippen LogP contribution in [0, 0.1) is 5.92 Å². The van der Waals surface area contributed by atoms with Crippen LogP contribution in [0.2, 0.25) is 0 Å². The van der Waals surface area contributed by atoms with Crippen molar-refractivity contribution < 1.29 is 13.2 Å². The molecule has 0 radical (unpaired) electrons. The third-order valence-corrected chi connectivity index (χ3v) is 8.40. The first-order valence-electron chi connectivity index (χ1n) is 12.2. The molecule has 6 rings (SSSR count). The van der Waals surface area contributed by atoms with Gasteiger partial charge in [-0.3, -0.25) is 9.67 Å². The van der Waals surface area contributed by atoms with Crippen LogP contribution in [0.4, 0.5) is 0 Å². The number of rotatable bonds is 5. The van der Waals surface area contributed by atoms with E-state index in [-0.39, 0.29) is 6.04 Å². The summed E-state index contributed by atoms with van der Waals surface area (Å²) in [7, 11) is -1.46. The van der Waals surface area contributed by atoms with E-state index in [1.165, 1.54) is 11.8 Å². The summed E-state index contributed by atoms with van der Waals surface area (Å²) >= 11 is 0. The van der Waals surface area contributed by atoms with E-state index in [0.717, 1.165) is 59.2 Å². The minimum atomic E-state index is -3.38. The second kappa shape index (κ2) is 8.87. The highest BCUT2D eigenvalue weighted by Gasteiger charge is 2.30. The SMILES string of the molecule is Cn1nccc1-c1cnc2c3ccc(S(C)(=O)=O)cc3n([C@H](c3ccccc3)C3CCOCC3)c2c1. The van der Waals surface area contributed by atoms with Gasteiger partial charge in [0.1, 0.15) is 0 Å². The number of aryl methyl sites for hydroxylation is 1. The lowest BCUT2D eigenvalue weighted by molar-refractivity contribution is 0.0553. The number of aromatic nitrogens is 4. The van der Waals surface area contributed by atoms with Crippen molar-refractivity contribution in [3.8, 4) is 11.3 Å². The Hall–Kier alpha value is -3.49. The molecule has 2 aromatic carbocycles. The fourth-order valence-corrected chi connectivity index (χ4v) is 6.17. The van der Waals surface area contributed by atoms with Gasteiger partial charge < -0.3 is 9.30 Å². The summed E-state index contributed by atoms with van der Waals surface area (Å²) in [5, 5.41) is 5.28. The van der Waals surface area contributed by atoms with Crippen molar-refractivity contribution >= 4 is 31.8 Å². The van der Waals surface area contributed by atoms with Crippen molar-refractivity contribution in [2.24, 2.45) is 13.0 Å². The van der Waals surface area contributed by atoms with Crippen LogP contribution in [0.25, 0.3) is 33.2 Å². The summed E-state index contributed by atoms with van der Waals surface area (Å²) in [5.41, 5.74) is 5.86. The topological polar surface area (TPSA) is 79.0 Å². The maximum atomic E-state index is 12.5. The number of sulfone groups is 1. The second-order valence-electron chi connectivity index (χ2n) is 9.56. The molecule has 1 saturated heterocycles. The molecule has 1 aliphatic rings. The molecule has 0 amide bonds. The van der Waals surface area contributed by atoms with Crippen molar-refractivity contribution in [3.63, 3.8) is 0 Å². The Morgan fingerprint density at radius 1 is 1.00 bits per heavy atom. The lowest BCUT2D eigenvalue weighted by atomic mass is 9.86. The molecular formula is C28H28N4O3S. The van der Waals surface area contributed by atoms with Gasteiger partial charge in [-0.05, 0) is 54.7 Å². The van der Waals surface area contributed by atoms with Crippen molar-refractivity contribution in [3.05, 3.63) is 78.6 Å². The summed E-state index contributed by atoms with van der Waals surface area (Å²) in [6, 6.07) is 20.0. The lowest BCUT2D eigenvalue weighted by Crippen LogP contribution is -2.27. The summed E-state index contributed by atoms with van der Waals surface area (Å²) in [6.07, 6.45) is 6.78. The predicted octanol–water partition coefficient (Wildman–Crippen LogP) is 5.01. The Balaban J connectivity index is 1.70. The molecule has 1 atom stereocenters. The van der Waals surface area contributed by atoms with Gasteiger partial charge >= 0.3 is 0 Å². The third kappa shape index (κ3) is 3.90. The zero-order valence-corrected chi connectivity index (χ0v) is 21.1. The van der Waals surface area contributed by atoms with E-state index in [1.54, 1.807) is 12.3 Å². The van der Waals surface area contributed by atoms with E-state index in [9.17, 15) is 8.42 Å². The summed E-state index contributed by atoms with van der Waals surface area (Å²) in [5.74, 6) is 0.335. The maximum absolute atomic E-state index is 12.5. The first-order chi connectivity index (χ1) is 17.4. The monoisotopic (exact) mass is 500 g/mol. The molecule has 1 fully saturated rings. The van der Waals surface area contributed by atoms with Crippen LogP contribution in [-0.4, -0.2) is 47.2 Å². The van der Waals surface area contributed by atoms with Crippen LogP contribution >= 0.6 is 0 Å². The number of benzene rings is 2. The van der Waals surface area contributed by atoms with Crippen molar-refractivity contribution in [2.75, 3.05) is 19.5 Å². The summed E-state index contributed by atoms with van der Waals surface area (Å²) < 4.78 is 34.9. The molecule has 0 saturated carbocycles. The summed E-state index contributed by atoms with van der Waals surface area (Å²) in [4.78, 5) is 5.21. The van der Waals surface area contributed by atoms with Crippen LogP contribution in [0.15, 0.2) is 78.0 Å². The molecule has 184 valence electrons. The van der Waals surface area contributed by atoms with Crippen LogP contribution in [-0.2, 0) is 21.6 Å². The van der Waals surface area contributed by atoms with Gasteiger partial charge in [-0.1, -0.05) is 30.3 Å². The van der Waals surface area contributed by atoms with Crippen LogP contribution < -0.4 is 0 Å². The highest BCUT2D eigenvalue weighted by Crippen LogP contribution is 2.41. The molecule has 5 aromatic rings. The number of nitrogens with zero attached hydrogens (tertiary/aromatic N) is 4. The van der Waals surface area contributed by atoms with Gasteiger partial charge in [0.15, 0.2) is 9.84 Å². The number of ether oxygens (including phenoxy) is 1. The number of fused-ring (bicyclic) bond motifs is 3. The first-order valence-corrected chi connectivity index (χ1v) is 14.1. The first kappa shape index (κ1) is 22.9. The third-order valence-electron chi connectivity index (χ3n) is 7.29. The van der Waals surface area contributed by atoms with Crippen molar-refractivity contribution in [1.82, 2.24) is 19.3 Å². The van der Waals surface area contributed by atoms with Gasteiger partial charge in [0, 0.05) is 49.9 Å². The molecule has 1 aliphatic heterocycles. The second-order valence-corrected chi connectivity index (χ2v) is 11.6. The minimum absolute atomic E-state index is 0.00787. The van der Waals surface area contributed by atoms with E-state index in [1.807, 2.05) is 42.2 Å². The standard InChI is InChI=1S/C28H28N4O3S/c1-31-24(10-13-30-31)21-16-26-27(29-18-21)23-9-8-22(36(2,33)34)17-25(23)32(26)28(19-6-4-3-5-7-19)20-11-14-35-15-12-20/h3-10,13,16-18,20,28H,11-12,14-15H2,1-2H3/t28-/m1/s1. The Kier molecular flexibility index (Phi) is 5.65. The largest absolute Gasteiger partial charge is 0.381 e. The molecule has 0 unspecified atom stereocenters. The molecule has 0 aliphatic carbocycles. The average Bonchev–Trinajstić information content (AvgIpc) is 3.46. The van der Waals surface area contributed by atoms with Gasteiger partial charge in [0.2, 0.25) is 0 Å². The van der Waals surface area contributed by atoms with E-state index >= 15 is 0 Å². The van der Waals surface area contributed by atoms with Gasteiger partial charge in [-0.25, -0.2) is 8.42 Å². The summed E-state index contributed by atoms with van der Waals surface area (Å²) in [6.45, 7) is 1.44. The van der Waals surface area contributed by atoms with E-state index in [4.69, 9.17) is 9.72 Å². The fraction of sp³-hybridized carbons (Fsp3) is 0.286. The fourth-order valence-electron chi connectivity index (χ4n) is 5.53.